The Bertz CT molecular complexity index is 443. The Morgan fingerprint density at radius 3 is 2.59 bits per heavy atom. The van der Waals surface area contributed by atoms with Crippen molar-refractivity contribution in [1.29, 1.82) is 0 Å². The summed E-state index contributed by atoms with van der Waals surface area (Å²) in [6.07, 6.45) is -0.775. The largest absolute Gasteiger partial charge is 0.481 e. The Hall–Kier alpha value is -2.04. The number of nitrogens with one attached hydrogen (secondary N) is 1. The van der Waals surface area contributed by atoms with Crippen LogP contribution in [0, 0.1) is 13.8 Å². The number of ether oxygens (including phenoxy) is 1. The molecule has 0 aliphatic heterocycles. The van der Waals surface area contributed by atoms with Gasteiger partial charge < -0.3 is 10.5 Å². The molecule has 3 amide bonds. The maximum atomic E-state index is 11.4. The zero-order valence-electron chi connectivity index (χ0n) is 10.1. The number of rotatable bonds is 3. The molecule has 0 fully saturated rings. The molecule has 92 valence electrons. The molecular weight excluding hydrogens is 220 g/mol. The standard InChI is InChI=1S/C12H16N2O3/c1-7-5-4-6-10(8(7)2)17-9(3)11(15)14-12(13)16/h4-6,9H,1-3H3,(H3,13,14,15,16). The van der Waals surface area contributed by atoms with E-state index in [1.807, 2.05) is 31.3 Å². The van der Waals surface area contributed by atoms with Crippen LogP contribution in [-0.2, 0) is 4.79 Å². The van der Waals surface area contributed by atoms with Crippen LogP contribution >= 0.6 is 0 Å². The van der Waals surface area contributed by atoms with Gasteiger partial charge in [0.15, 0.2) is 6.10 Å². The lowest BCUT2D eigenvalue weighted by molar-refractivity contribution is -0.126. The number of imide groups is 1. The number of benzene rings is 1. The van der Waals surface area contributed by atoms with Gasteiger partial charge in [0.05, 0.1) is 0 Å². The summed E-state index contributed by atoms with van der Waals surface area (Å²) in [5, 5.41) is 1.97. The quantitative estimate of drug-likeness (QED) is 0.829. The highest BCUT2D eigenvalue weighted by Gasteiger charge is 2.17. The molecule has 0 radical (unpaired) electrons. The first kappa shape index (κ1) is 13.0. The first-order chi connectivity index (χ1) is 7.91. The smallest absolute Gasteiger partial charge is 0.318 e. The predicted molar refractivity (Wildman–Crippen MR) is 63.7 cm³/mol. The number of amides is 3. The predicted octanol–water partition coefficient (Wildman–Crippen LogP) is 1.27. The highest BCUT2D eigenvalue weighted by molar-refractivity contribution is 5.95. The lowest BCUT2D eigenvalue weighted by atomic mass is 10.1. The molecule has 1 unspecified atom stereocenters. The Kier molecular flexibility index (Phi) is 4.09. The van der Waals surface area contributed by atoms with E-state index in [4.69, 9.17) is 10.5 Å². The third-order valence-corrected chi connectivity index (χ3v) is 2.47. The van der Waals surface area contributed by atoms with Crippen LogP contribution in [0.25, 0.3) is 0 Å². The van der Waals surface area contributed by atoms with Gasteiger partial charge in [-0.2, -0.15) is 0 Å². The van der Waals surface area contributed by atoms with Crippen LogP contribution in [0.3, 0.4) is 0 Å². The minimum Gasteiger partial charge on any atom is -0.481 e. The van der Waals surface area contributed by atoms with Gasteiger partial charge in [0, 0.05) is 0 Å². The fourth-order valence-corrected chi connectivity index (χ4v) is 1.32. The molecule has 0 bridgehead atoms. The molecule has 0 saturated heterocycles. The Morgan fingerprint density at radius 1 is 1.35 bits per heavy atom. The van der Waals surface area contributed by atoms with Gasteiger partial charge in [-0.15, -0.1) is 0 Å². The second-order valence-corrected chi connectivity index (χ2v) is 3.81. The van der Waals surface area contributed by atoms with Crippen molar-refractivity contribution >= 4 is 11.9 Å². The molecule has 1 atom stereocenters. The highest BCUT2D eigenvalue weighted by Crippen LogP contribution is 2.21. The lowest BCUT2D eigenvalue weighted by Crippen LogP contribution is -2.42. The monoisotopic (exact) mass is 236 g/mol. The third kappa shape index (κ3) is 3.48. The maximum absolute atomic E-state index is 11.4. The number of primary amides is 1. The molecule has 5 heteroatoms. The number of nitrogens with two attached hydrogens (primary N) is 1. The van der Waals surface area contributed by atoms with Crippen molar-refractivity contribution < 1.29 is 14.3 Å². The van der Waals surface area contributed by atoms with E-state index in [1.54, 1.807) is 13.0 Å². The summed E-state index contributed by atoms with van der Waals surface area (Å²) < 4.78 is 5.47. The van der Waals surface area contributed by atoms with Gasteiger partial charge in [0.1, 0.15) is 5.75 Å². The fraction of sp³-hybridized carbons (Fsp3) is 0.333. The van der Waals surface area contributed by atoms with Crippen LogP contribution in [0.1, 0.15) is 18.1 Å². The Morgan fingerprint density at radius 2 is 2.00 bits per heavy atom. The van der Waals surface area contributed by atoms with E-state index in [1.165, 1.54) is 0 Å². The molecule has 1 aromatic rings. The number of aryl methyl sites for hydroxylation is 1. The van der Waals surface area contributed by atoms with Crippen molar-refractivity contribution in [1.82, 2.24) is 5.32 Å². The Balaban J connectivity index is 2.74. The summed E-state index contributed by atoms with van der Waals surface area (Å²) in [5.74, 6) is 0.0653. The minimum absolute atomic E-state index is 0.557. The summed E-state index contributed by atoms with van der Waals surface area (Å²) in [4.78, 5) is 21.9. The van der Waals surface area contributed by atoms with Gasteiger partial charge in [-0.1, -0.05) is 12.1 Å². The SMILES string of the molecule is Cc1cccc(OC(C)C(=O)NC(N)=O)c1C. The van der Waals surface area contributed by atoms with Crippen LogP contribution in [0.2, 0.25) is 0 Å². The van der Waals surface area contributed by atoms with Crippen molar-refractivity contribution in [2.24, 2.45) is 5.73 Å². The van der Waals surface area contributed by atoms with E-state index >= 15 is 0 Å². The summed E-state index contributed by atoms with van der Waals surface area (Å²) in [7, 11) is 0. The molecule has 3 N–H and O–H groups in total. The van der Waals surface area contributed by atoms with E-state index < -0.39 is 18.0 Å². The van der Waals surface area contributed by atoms with Gasteiger partial charge in [-0.05, 0) is 38.0 Å². The Labute approximate surface area is 99.9 Å². The van der Waals surface area contributed by atoms with E-state index in [0.29, 0.717) is 5.75 Å². The first-order valence-corrected chi connectivity index (χ1v) is 5.25. The molecule has 0 saturated carbocycles. The van der Waals surface area contributed by atoms with E-state index in [9.17, 15) is 9.59 Å². The molecule has 1 aromatic carbocycles. The van der Waals surface area contributed by atoms with Gasteiger partial charge >= 0.3 is 6.03 Å². The topological polar surface area (TPSA) is 81.4 Å². The molecule has 0 aliphatic rings. The number of hydrogen-bond acceptors (Lipinski definition) is 3. The normalized spacial score (nSPS) is 11.7. The van der Waals surface area contributed by atoms with Crippen LogP contribution in [0.5, 0.6) is 5.75 Å². The van der Waals surface area contributed by atoms with E-state index in [0.717, 1.165) is 11.1 Å². The van der Waals surface area contributed by atoms with Crippen molar-refractivity contribution in [2.45, 2.75) is 26.9 Å². The van der Waals surface area contributed by atoms with Crippen molar-refractivity contribution in [3.63, 3.8) is 0 Å². The summed E-state index contributed by atoms with van der Waals surface area (Å²) in [6, 6.07) is 4.69. The summed E-state index contributed by atoms with van der Waals surface area (Å²) in [6.45, 7) is 5.42. The average molecular weight is 236 g/mol. The van der Waals surface area contributed by atoms with E-state index in [2.05, 4.69) is 0 Å². The number of carbonyl (C=O) groups excluding carboxylic acids is 2. The number of hydrogen-bond donors (Lipinski definition) is 2. The number of urea groups is 1. The minimum atomic E-state index is -0.883. The molecule has 0 spiro atoms. The van der Waals surface area contributed by atoms with Crippen molar-refractivity contribution in [3.8, 4) is 5.75 Å². The molecule has 5 nitrogen and oxygen atoms in total. The molecule has 1 rings (SSSR count). The van der Waals surface area contributed by atoms with Crippen LogP contribution in [0.4, 0.5) is 4.79 Å². The fourth-order valence-electron chi connectivity index (χ4n) is 1.32. The second-order valence-electron chi connectivity index (χ2n) is 3.81. The molecule has 0 heterocycles. The van der Waals surface area contributed by atoms with Crippen LogP contribution < -0.4 is 15.8 Å². The van der Waals surface area contributed by atoms with Crippen LogP contribution in [0.15, 0.2) is 18.2 Å². The van der Waals surface area contributed by atoms with Crippen molar-refractivity contribution in [3.05, 3.63) is 29.3 Å². The highest BCUT2D eigenvalue weighted by atomic mass is 16.5. The average Bonchev–Trinajstić information content (AvgIpc) is 2.23. The summed E-state index contributed by atoms with van der Waals surface area (Å²) in [5.41, 5.74) is 6.89. The summed E-state index contributed by atoms with van der Waals surface area (Å²) >= 11 is 0. The van der Waals surface area contributed by atoms with Crippen molar-refractivity contribution in [2.75, 3.05) is 0 Å². The third-order valence-electron chi connectivity index (χ3n) is 2.47. The maximum Gasteiger partial charge on any atom is 0.318 e. The van der Waals surface area contributed by atoms with Gasteiger partial charge in [0.2, 0.25) is 0 Å². The van der Waals surface area contributed by atoms with Gasteiger partial charge in [-0.25, -0.2) is 4.79 Å². The molecule has 17 heavy (non-hydrogen) atoms. The zero-order chi connectivity index (χ0) is 13.0. The van der Waals surface area contributed by atoms with Gasteiger partial charge in [-0.3, -0.25) is 10.1 Å². The van der Waals surface area contributed by atoms with E-state index in [-0.39, 0.29) is 0 Å². The molecule has 0 aromatic heterocycles. The van der Waals surface area contributed by atoms with Crippen LogP contribution in [-0.4, -0.2) is 18.0 Å². The molecule has 0 aliphatic carbocycles. The molecular formula is C12H16N2O3. The first-order valence-electron chi connectivity index (χ1n) is 5.25. The zero-order valence-corrected chi connectivity index (χ0v) is 10.1. The van der Waals surface area contributed by atoms with Gasteiger partial charge in [0.25, 0.3) is 5.91 Å². The second kappa shape index (κ2) is 5.34. The lowest BCUT2D eigenvalue weighted by Gasteiger charge is -2.16. The number of carbonyl (C=O) groups is 2.